The van der Waals surface area contributed by atoms with Gasteiger partial charge in [0, 0.05) is 19.3 Å². The molecule has 0 aromatic heterocycles. The third-order valence-electron chi connectivity index (χ3n) is 2.66. The molecule has 1 N–H and O–H groups in total. The standard InChI is InChI=1S/C16H15Cl2N3O/c1-3-8-21(9-4-2)16(22)12(10-19)11-20-14-7-5-6-13(17)15(14)18/h3-7,11,20H,1-2,8-9H2/b12-11-. The van der Waals surface area contributed by atoms with E-state index in [1.807, 2.05) is 6.07 Å². The zero-order chi connectivity index (χ0) is 16.5. The van der Waals surface area contributed by atoms with E-state index in [0.29, 0.717) is 28.8 Å². The molecule has 114 valence electrons. The lowest BCUT2D eigenvalue weighted by molar-refractivity contribution is -0.125. The lowest BCUT2D eigenvalue weighted by Crippen LogP contribution is -2.32. The van der Waals surface area contributed by atoms with Crippen molar-refractivity contribution in [2.45, 2.75) is 0 Å². The van der Waals surface area contributed by atoms with Gasteiger partial charge in [-0.2, -0.15) is 5.26 Å². The van der Waals surface area contributed by atoms with Crippen molar-refractivity contribution < 1.29 is 4.79 Å². The first kappa shape index (κ1) is 17.8. The Bertz CT molecular complexity index is 637. The summed E-state index contributed by atoms with van der Waals surface area (Å²) in [5.41, 5.74) is 0.452. The number of carbonyl (C=O) groups is 1. The van der Waals surface area contributed by atoms with Gasteiger partial charge in [-0.3, -0.25) is 4.79 Å². The number of nitrogens with one attached hydrogen (secondary N) is 1. The molecular weight excluding hydrogens is 321 g/mol. The summed E-state index contributed by atoms with van der Waals surface area (Å²) in [6, 6.07) is 6.91. The summed E-state index contributed by atoms with van der Waals surface area (Å²) in [5.74, 6) is -0.423. The molecule has 0 heterocycles. The Balaban J connectivity index is 2.97. The molecule has 1 rings (SSSR count). The predicted octanol–water partition coefficient (Wildman–Crippen LogP) is 4.01. The van der Waals surface area contributed by atoms with E-state index in [4.69, 9.17) is 28.5 Å². The van der Waals surface area contributed by atoms with E-state index in [0.717, 1.165) is 0 Å². The van der Waals surface area contributed by atoms with Crippen LogP contribution in [0.5, 0.6) is 0 Å². The van der Waals surface area contributed by atoms with Gasteiger partial charge in [0.25, 0.3) is 5.91 Å². The zero-order valence-electron chi connectivity index (χ0n) is 11.9. The molecule has 0 aliphatic rings. The normalized spacial score (nSPS) is 10.5. The number of benzene rings is 1. The highest BCUT2D eigenvalue weighted by Gasteiger charge is 2.16. The number of carbonyl (C=O) groups excluding carboxylic acids is 1. The van der Waals surface area contributed by atoms with E-state index in [1.54, 1.807) is 30.4 Å². The number of nitriles is 1. The molecule has 0 radical (unpaired) electrons. The van der Waals surface area contributed by atoms with Crippen LogP contribution in [0.3, 0.4) is 0 Å². The topological polar surface area (TPSA) is 56.1 Å². The molecule has 1 aromatic carbocycles. The number of anilines is 1. The average molecular weight is 336 g/mol. The Hall–Kier alpha value is -2.22. The van der Waals surface area contributed by atoms with Gasteiger partial charge >= 0.3 is 0 Å². The summed E-state index contributed by atoms with van der Waals surface area (Å²) in [6.07, 6.45) is 4.47. The summed E-state index contributed by atoms with van der Waals surface area (Å²) in [6.45, 7) is 7.82. The summed E-state index contributed by atoms with van der Waals surface area (Å²) in [4.78, 5) is 13.7. The summed E-state index contributed by atoms with van der Waals surface area (Å²) in [5, 5.41) is 12.7. The Labute approximate surface area is 139 Å². The van der Waals surface area contributed by atoms with Crippen LogP contribution in [0.15, 0.2) is 55.3 Å². The second kappa shape index (κ2) is 8.93. The Kier molecular flexibility index (Phi) is 7.24. The van der Waals surface area contributed by atoms with Crippen LogP contribution in [-0.4, -0.2) is 23.9 Å². The third kappa shape index (κ3) is 4.66. The molecule has 0 unspecified atom stereocenters. The van der Waals surface area contributed by atoms with E-state index in [9.17, 15) is 4.79 Å². The van der Waals surface area contributed by atoms with Crippen molar-refractivity contribution >= 4 is 34.8 Å². The van der Waals surface area contributed by atoms with Crippen molar-refractivity contribution in [2.75, 3.05) is 18.4 Å². The van der Waals surface area contributed by atoms with Crippen LogP contribution in [0.25, 0.3) is 0 Å². The first-order chi connectivity index (χ1) is 10.5. The van der Waals surface area contributed by atoms with Gasteiger partial charge in [0.05, 0.1) is 15.7 Å². The maximum absolute atomic E-state index is 12.3. The van der Waals surface area contributed by atoms with Gasteiger partial charge in [0.15, 0.2) is 0 Å². The maximum atomic E-state index is 12.3. The zero-order valence-corrected chi connectivity index (χ0v) is 13.4. The van der Waals surface area contributed by atoms with Gasteiger partial charge in [0.1, 0.15) is 11.6 Å². The molecule has 1 amide bonds. The number of hydrogen-bond acceptors (Lipinski definition) is 3. The molecule has 1 aromatic rings. The fraction of sp³-hybridized carbons (Fsp3) is 0.125. The number of halogens is 2. The van der Waals surface area contributed by atoms with E-state index in [1.165, 1.54) is 11.1 Å². The number of amides is 1. The first-order valence-electron chi connectivity index (χ1n) is 6.37. The second-order valence-electron chi connectivity index (χ2n) is 4.20. The third-order valence-corrected chi connectivity index (χ3v) is 3.48. The lowest BCUT2D eigenvalue weighted by atomic mass is 10.2. The monoisotopic (exact) mass is 335 g/mol. The largest absolute Gasteiger partial charge is 0.359 e. The van der Waals surface area contributed by atoms with Crippen molar-refractivity contribution in [3.63, 3.8) is 0 Å². The highest BCUT2D eigenvalue weighted by molar-refractivity contribution is 6.43. The maximum Gasteiger partial charge on any atom is 0.266 e. The molecule has 22 heavy (non-hydrogen) atoms. The molecule has 6 heteroatoms. The second-order valence-corrected chi connectivity index (χ2v) is 4.99. The fourth-order valence-electron chi connectivity index (χ4n) is 1.63. The fourth-order valence-corrected chi connectivity index (χ4v) is 1.98. The molecule has 0 saturated carbocycles. The van der Waals surface area contributed by atoms with Crippen molar-refractivity contribution in [1.82, 2.24) is 4.90 Å². The van der Waals surface area contributed by atoms with Crippen LogP contribution in [0.4, 0.5) is 5.69 Å². The van der Waals surface area contributed by atoms with Crippen LogP contribution in [0.1, 0.15) is 0 Å². The van der Waals surface area contributed by atoms with E-state index in [-0.39, 0.29) is 5.57 Å². The smallest absolute Gasteiger partial charge is 0.266 e. The van der Waals surface area contributed by atoms with Gasteiger partial charge < -0.3 is 10.2 Å². The molecule has 0 fully saturated rings. The van der Waals surface area contributed by atoms with E-state index >= 15 is 0 Å². The predicted molar refractivity (Wildman–Crippen MR) is 90.8 cm³/mol. The molecule has 0 aliphatic carbocycles. The first-order valence-corrected chi connectivity index (χ1v) is 7.12. The van der Waals surface area contributed by atoms with Crippen LogP contribution in [-0.2, 0) is 4.79 Å². The van der Waals surface area contributed by atoms with E-state index in [2.05, 4.69) is 18.5 Å². The number of rotatable bonds is 7. The average Bonchev–Trinajstić information content (AvgIpc) is 2.51. The molecule has 0 saturated heterocycles. The van der Waals surface area contributed by atoms with Gasteiger partial charge in [-0.05, 0) is 12.1 Å². The highest BCUT2D eigenvalue weighted by atomic mass is 35.5. The van der Waals surface area contributed by atoms with Crippen molar-refractivity contribution in [3.05, 3.63) is 65.3 Å². The minimum absolute atomic E-state index is 0.0558. The molecule has 0 atom stereocenters. The van der Waals surface area contributed by atoms with Gasteiger partial charge in [0.2, 0.25) is 0 Å². The van der Waals surface area contributed by atoms with Crippen LogP contribution < -0.4 is 5.32 Å². The van der Waals surface area contributed by atoms with Crippen molar-refractivity contribution in [1.29, 1.82) is 5.26 Å². The van der Waals surface area contributed by atoms with Crippen LogP contribution >= 0.6 is 23.2 Å². The molecule has 0 bridgehead atoms. The number of nitrogens with zero attached hydrogens (tertiary/aromatic N) is 2. The highest BCUT2D eigenvalue weighted by Crippen LogP contribution is 2.29. The Morgan fingerprint density at radius 1 is 1.32 bits per heavy atom. The quantitative estimate of drug-likeness (QED) is 0.465. The van der Waals surface area contributed by atoms with Gasteiger partial charge in [-0.25, -0.2) is 0 Å². The van der Waals surface area contributed by atoms with Crippen LogP contribution in [0, 0.1) is 11.3 Å². The van der Waals surface area contributed by atoms with Gasteiger partial charge in [-0.15, -0.1) is 13.2 Å². The summed E-state index contributed by atoms with van der Waals surface area (Å²) >= 11 is 11.9. The molecule has 0 aliphatic heterocycles. The minimum Gasteiger partial charge on any atom is -0.359 e. The molecule has 0 spiro atoms. The Morgan fingerprint density at radius 2 is 1.95 bits per heavy atom. The minimum atomic E-state index is -0.423. The summed E-state index contributed by atoms with van der Waals surface area (Å²) < 4.78 is 0. The number of hydrogen-bond donors (Lipinski definition) is 1. The summed E-state index contributed by atoms with van der Waals surface area (Å²) in [7, 11) is 0. The van der Waals surface area contributed by atoms with Crippen molar-refractivity contribution in [3.8, 4) is 6.07 Å². The SMILES string of the molecule is C=CCN(CC=C)C(=O)/C(C#N)=C\Nc1cccc(Cl)c1Cl. The molecular formula is C16H15Cl2N3O. The molecule has 4 nitrogen and oxygen atoms in total. The van der Waals surface area contributed by atoms with Crippen LogP contribution in [0.2, 0.25) is 10.0 Å². The van der Waals surface area contributed by atoms with Gasteiger partial charge in [-0.1, -0.05) is 41.4 Å². The Morgan fingerprint density at radius 3 is 2.50 bits per heavy atom. The van der Waals surface area contributed by atoms with Crippen molar-refractivity contribution in [2.24, 2.45) is 0 Å². The lowest BCUT2D eigenvalue weighted by Gasteiger charge is -2.18. The van der Waals surface area contributed by atoms with E-state index < -0.39 is 5.91 Å².